The Morgan fingerprint density at radius 2 is 2.41 bits per heavy atom. The van der Waals surface area contributed by atoms with Crippen LogP contribution >= 0.6 is 0 Å². The molecule has 1 aliphatic heterocycles. The number of hydrogen-bond donors (Lipinski definition) is 0. The van der Waals surface area contributed by atoms with E-state index in [1.54, 1.807) is 0 Å². The molecule has 1 aliphatic rings. The lowest BCUT2D eigenvalue weighted by atomic mass is 10.3. The first-order valence-corrected chi connectivity index (χ1v) is 5.27. The number of hydrogen-bond acceptors (Lipinski definition) is 5. The SMILES string of the molecule is O=C(Cn1cc([N+](=O)[O-])cn1)N1CCCCO1. The predicted octanol–water partition coefficient (Wildman–Crippen LogP) is 0.345. The highest BCUT2D eigenvalue weighted by atomic mass is 16.7. The Bertz CT molecular complexity index is 424. The Morgan fingerprint density at radius 3 is 3.00 bits per heavy atom. The topological polar surface area (TPSA) is 90.5 Å². The van der Waals surface area contributed by atoms with Crippen molar-refractivity contribution in [2.75, 3.05) is 13.2 Å². The Labute approximate surface area is 96.9 Å². The number of hydroxylamine groups is 2. The maximum atomic E-state index is 11.7. The first kappa shape index (κ1) is 11.5. The van der Waals surface area contributed by atoms with Gasteiger partial charge >= 0.3 is 5.69 Å². The van der Waals surface area contributed by atoms with Gasteiger partial charge in [-0.05, 0) is 12.8 Å². The molecule has 2 heterocycles. The van der Waals surface area contributed by atoms with Gasteiger partial charge in [0.2, 0.25) is 0 Å². The fraction of sp³-hybridized carbons (Fsp3) is 0.556. The molecule has 0 unspecified atom stereocenters. The van der Waals surface area contributed by atoms with Gasteiger partial charge in [-0.25, -0.2) is 5.06 Å². The number of carbonyl (C=O) groups is 1. The summed E-state index contributed by atoms with van der Waals surface area (Å²) in [7, 11) is 0. The van der Waals surface area contributed by atoms with Crippen LogP contribution in [-0.2, 0) is 16.2 Å². The van der Waals surface area contributed by atoms with Gasteiger partial charge in [-0.2, -0.15) is 5.10 Å². The van der Waals surface area contributed by atoms with Crippen LogP contribution in [0.4, 0.5) is 5.69 Å². The number of carbonyl (C=O) groups excluding carboxylic acids is 1. The highest BCUT2D eigenvalue weighted by Gasteiger charge is 2.19. The van der Waals surface area contributed by atoms with E-state index < -0.39 is 4.92 Å². The van der Waals surface area contributed by atoms with Crippen LogP contribution in [0.15, 0.2) is 12.4 Å². The number of nitro groups is 1. The molecule has 0 N–H and O–H groups in total. The van der Waals surface area contributed by atoms with Gasteiger partial charge in [-0.1, -0.05) is 0 Å². The van der Waals surface area contributed by atoms with Gasteiger partial charge in [0.15, 0.2) is 0 Å². The van der Waals surface area contributed by atoms with E-state index in [9.17, 15) is 14.9 Å². The van der Waals surface area contributed by atoms with Gasteiger partial charge in [0.1, 0.15) is 18.9 Å². The number of rotatable bonds is 3. The standard InChI is InChI=1S/C9H12N4O4/c14-9(12-3-1-2-4-17-12)7-11-6-8(5-10-11)13(15)16/h5-6H,1-4,7H2. The highest BCUT2D eigenvalue weighted by Crippen LogP contribution is 2.10. The number of nitrogens with zero attached hydrogens (tertiary/aromatic N) is 4. The second-order valence-electron chi connectivity index (χ2n) is 3.69. The van der Waals surface area contributed by atoms with Gasteiger partial charge in [0.25, 0.3) is 5.91 Å². The minimum Gasteiger partial charge on any atom is -0.271 e. The molecule has 0 bridgehead atoms. The van der Waals surface area contributed by atoms with E-state index in [0.29, 0.717) is 13.2 Å². The first-order chi connectivity index (χ1) is 8.16. The van der Waals surface area contributed by atoms with Crippen LogP contribution in [0.25, 0.3) is 0 Å². The molecule has 1 aromatic rings. The van der Waals surface area contributed by atoms with E-state index in [1.807, 2.05) is 0 Å². The molecule has 1 fully saturated rings. The zero-order valence-electron chi connectivity index (χ0n) is 9.11. The number of amides is 1. The van der Waals surface area contributed by atoms with Gasteiger partial charge in [0, 0.05) is 6.54 Å². The summed E-state index contributed by atoms with van der Waals surface area (Å²) in [6, 6.07) is 0. The molecule has 1 aromatic heterocycles. The van der Waals surface area contributed by atoms with Crippen molar-refractivity contribution in [1.82, 2.24) is 14.8 Å². The molecule has 0 saturated carbocycles. The summed E-state index contributed by atoms with van der Waals surface area (Å²) in [6.07, 6.45) is 4.19. The summed E-state index contributed by atoms with van der Waals surface area (Å²) in [5.74, 6) is -0.248. The van der Waals surface area contributed by atoms with Gasteiger partial charge in [0.05, 0.1) is 11.5 Å². The van der Waals surface area contributed by atoms with E-state index in [2.05, 4.69) is 5.10 Å². The monoisotopic (exact) mass is 240 g/mol. The van der Waals surface area contributed by atoms with Crippen molar-refractivity contribution < 1.29 is 14.6 Å². The third-order valence-electron chi connectivity index (χ3n) is 2.41. The fourth-order valence-corrected chi connectivity index (χ4v) is 1.54. The maximum Gasteiger partial charge on any atom is 0.307 e. The quantitative estimate of drug-likeness (QED) is 0.561. The van der Waals surface area contributed by atoms with E-state index in [-0.39, 0.29) is 18.1 Å². The molecule has 0 aromatic carbocycles. The van der Waals surface area contributed by atoms with E-state index in [0.717, 1.165) is 19.0 Å². The van der Waals surface area contributed by atoms with Crippen LogP contribution in [0.3, 0.4) is 0 Å². The number of aromatic nitrogens is 2. The van der Waals surface area contributed by atoms with Crippen molar-refractivity contribution in [1.29, 1.82) is 0 Å². The third kappa shape index (κ3) is 2.78. The zero-order chi connectivity index (χ0) is 12.3. The summed E-state index contributed by atoms with van der Waals surface area (Å²) >= 11 is 0. The van der Waals surface area contributed by atoms with E-state index in [4.69, 9.17) is 4.84 Å². The lowest BCUT2D eigenvalue weighted by Gasteiger charge is -2.25. The Kier molecular flexibility index (Phi) is 3.33. The predicted molar refractivity (Wildman–Crippen MR) is 55.8 cm³/mol. The molecule has 1 amide bonds. The highest BCUT2D eigenvalue weighted by molar-refractivity contribution is 5.74. The smallest absolute Gasteiger partial charge is 0.271 e. The van der Waals surface area contributed by atoms with Crippen molar-refractivity contribution in [2.24, 2.45) is 0 Å². The molecule has 2 rings (SSSR count). The van der Waals surface area contributed by atoms with Crippen LogP contribution in [0.5, 0.6) is 0 Å². The fourth-order valence-electron chi connectivity index (χ4n) is 1.54. The van der Waals surface area contributed by atoms with Crippen molar-refractivity contribution in [2.45, 2.75) is 19.4 Å². The van der Waals surface area contributed by atoms with Gasteiger partial charge < -0.3 is 0 Å². The molecule has 0 radical (unpaired) electrons. The molecular formula is C9H12N4O4. The maximum absolute atomic E-state index is 11.7. The largest absolute Gasteiger partial charge is 0.307 e. The molecule has 0 spiro atoms. The summed E-state index contributed by atoms with van der Waals surface area (Å²) in [5.41, 5.74) is -0.127. The minimum atomic E-state index is -0.550. The zero-order valence-corrected chi connectivity index (χ0v) is 9.11. The summed E-state index contributed by atoms with van der Waals surface area (Å²) in [6.45, 7) is 1.04. The van der Waals surface area contributed by atoms with Gasteiger partial charge in [-0.15, -0.1) is 0 Å². The molecule has 92 valence electrons. The van der Waals surface area contributed by atoms with Crippen molar-refractivity contribution >= 4 is 11.6 Å². The lowest BCUT2D eigenvalue weighted by Crippen LogP contribution is -2.37. The average molecular weight is 240 g/mol. The second-order valence-corrected chi connectivity index (χ2v) is 3.69. The molecule has 17 heavy (non-hydrogen) atoms. The summed E-state index contributed by atoms with van der Waals surface area (Å²) < 4.78 is 1.23. The molecule has 0 aliphatic carbocycles. The summed E-state index contributed by atoms with van der Waals surface area (Å²) in [5, 5.41) is 15.5. The Balaban J connectivity index is 1.94. The van der Waals surface area contributed by atoms with Crippen molar-refractivity contribution in [3.8, 4) is 0 Å². The molecule has 1 saturated heterocycles. The van der Waals surface area contributed by atoms with Crippen LogP contribution in [0.2, 0.25) is 0 Å². The first-order valence-electron chi connectivity index (χ1n) is 5.27. The average Bonchev–Trinajstić information content (AvgIpc) is 2.79. The van der Waals surface area contributed by atoms with Crippen LogP contribution in [0, 0.1) is 10.1 Å². The van der Waals surface area contributed by atoms with E-state index in [1.165, 1.54) is 15.9 Å². The normalized spacial score (nSPS) is 15.9. The van der Waals surface area contributed by atoms with Gasteiger partial charge in [-0.3, -0.25) is 24.4 Å². The molecule has 0 atom stereocenters. The lowest BCUT2D eigenvalue weighted by molar-refractivity contribution is -0.385. The molecule has 8 heteroatoms. The molecular weight excluding hydrogens is 228 g/mol. The van der Waals surface area contributed by atoms with Crippen molar-refractivity contribution in [3.05, 3.63) is 22.5 Å². The van der Waals surface area contributed by atoms with Crippen molar-refractivity contribution in [3.63, 3.8) is 0 Å². The van der Waals surface area contributed by atoms with Crippen LogP contribution in [0.1, 0.15) is 12.8 Å². The minimum absolute atomic E-state index is 0.0478. The third-order valence-corrected chi connectivity index (χ3v) is 2.41. The Hall–Kier alpha value is -1.96. The Morgan fingerprint density at radius 1 is 1.59 bits per heavy atom. The molecule has 8 nitrogen and oxygen atoms in total. The summed E-state index contributed by atoms with van der Waals surface area (Å²) in [4.78, 5) is 26.8. The van der Waals surface area contributed by atoms with E-state index >= 15 is 0 Å². The second kappa shape index (κ2) is 4.91. The van der Waals surface area contributed by atoms with Crippen LogP contribution in [-0.4, -0.2) is 38.8 Å². The van der Waals surface area contributed by atoms with Crippen LogP contribution < -0.4 is 0 Å².